The van der Waals surface area contributed by atoms with E-state index in [-0.39, 0.29) is 12.6 Å². The van der Waals surface area contributed by atoms with E-state index in [0.717, 1.165) is 35.9 Å². The van der Waals surface area contributed by atoms with Crippen molar-refractivity contribution < 1.29 is 13.9 Å². The molecular formula is C19H26FN3O2. The lowest BCUT2D eigenvalue weighted by Gasteiger charge is -2.38. The molecule has 136 valence electrons. The third kappa shape index (κ3) is 3.32. The van der Waals surface area contributed by atoms with Crippen LogP contribution in [0.3, 0.4) is 0 Å². The molecule has 1 aliphatic carbocycles. The van der Waals surface area contributed by atoms with Crippen LogP contribution in [0.15, 0.2) is 17.1 Å². The van der Waals surface area contributed by atoms with Crippen LogP contribution in [0.1, 0.15) is 36.8 Å². The van der Waals surface area contributed by atoms with E-state index in [9.17, 15) is 4.39 Å². The second kappa shape index (κ2) is 6.83. The summed E-state index contributed by atoms with van der Waals surface area (Å²) in [4.78, 5) is 6.80. The summed E-state index contributed by atoms with van der Waals surface area (Å²) >= 11 is 0. The van der Waals surface area contributed by atoms with Gasteiger partial charge in [-0.3, -0.25) is 4.99 Å². The number of hydrogen-bond acceptors (Lipinski definition) is 3. The zero-order valence-corrected chi connectivity index (χ0v) is 14.8. The molecule has 0 aromatic heterocycles. The summed E-state index contributed by atoms with van der Waals surface area (Å²) in [6.07, 6.45) is 6.05. The second-order valence-electron chi connectivity index (χ2n) is 7.41. The van der Waals surface area contributed by atoms with Gasteiger partial charge in [0.25, 0.3) is 0 Å². The van der Waals surface area contributed by atoms with Gasteiger partial charge in [-0.2, -0.15) is 0 Å². The Balaban J connectivity index is 1.36. The molecule has 2 fully saturated rings. The Morgan fingerprint density at radius 2 is 2.24 bits per heavy atom. The smallest absolute Gasteiger partial charge is 0.193 e. The summed E-state index contributed by atoms with van der Waals surface area (Å²) in [5, 5.41) is 3.44. The molecule has 1 aromatic carbocycles. The van der Waals surface area contributed by atoms with Crippen molar-refractivity contribution in [3.05, 3.63) is 29.1 Å². The number of fused-ring (bicyclic) bond motifs is 1. The van der Waals surface area contributed by atoms with Crippen LogP contribution in [0.5, 0.6) is 5.75 Å². The van der Waals surface area contributed by atoms with Crippen molar-refractivity contribution in [3.63, 3.8) is 0 Å². The molecule has 6 heteroatoms. The van der Waals surface area contributed by atoms with Gasteiger partial charge in [-0.15, -0.1) is 0 Å². The first-order valence-corrected chi connectivity index (χ1v) is 9.17. The molecule has 2 heterocycles. The van der Waals surface area contributed by atoms with Crippen LogP contribution in [0.4, 0.5) is 4.39 Å². The number of hydrogen-bond donors (Lipinski definition) is 1. The molecule has 0 amide bonds. The van der Waals surface area contributed by atoms with Gasteiger partial charge in [0.2, 0.25) is 0 Å². The standard InChI is InChI=1S/C19H26FN3O2/c1-21-18(23-8-6-19(12-23)4-2-5-19)22-7-3-14-9-16(20)10-15-11-24-13-25-17(14)15/h9-10H,2-8,11-13H2,1H3,(H,21,22). The van der Waals surface area contributed by atoms with Crippen LogP contribution < -0.4 is 10.1 Å². The largest absolute Gasteiger partial charge is 0.467 e. The van der Waals surface area contributed by atoms with Gasteiger partial charge in [-0.25, -0.2) is 4.39 Å². The predicted molar refractivity (Wildman–Crippen MR) is 94.2 cm³/mol. The quantitative estimate of drug-likeness (QED) is 0.675. The molecule has 3 aliphatic rings. The van der Waals surface area contributed by atoms with Crippen LogP contribution in [0.2, 0.25) is 0 Å². The highest BCUT2D eigenvalue weighted by atomic mass is 19.1. The van der Waals surface area contributed by atoms with Crippen molar-refractivity contribution in [2.24, 2.45) is 10.4 Å². The Kier molecular flexibility index (Phi) is 4.54. The Morgan fingerprint density at radius 3 is 2.96 bits per heavy atom. The maximum absolute atomic E-state index is 13.8. The van der Waals surface area contributed by atoms with E-state index >= 15 is 0 Å². The molecule has 5 nitrogen and oxygen atoms in total. The van der Waals surface area contributed by atoms with Gasteiger partial charge < -0.3 is 19.7 Å². The Labute approximate surface area is 148 Å². The van der Waals surface area contributed by atoms with Crippen molar-refractivity contribution in [2.75, 3.05) is 33.5 Å². The first-order valence-electron chi connectivity index (χ1n) is 9.17. The minimum atomic E-state index is -0.237. The van der Waals surface area contributed by atoms with Gasteiger partial charge in [0.1, 0.15) is 11.6 Å². The zero-order valence-electron chi connectivity index (χ0n) is 14.8. The lowest BCUT2D eigenvalue weighted by atomic mass is 9.68. The zero-order chi connectivity index (χ0) is 17.3. The lowest BCUT2D eigenvalue weighted by Crippen LogP contribution is -2.43. The molecule has 1 saturated heterocycles. The van der Waals surface area contributed by atoms with Crippen LogP contribution in [-0.2, 0) is 17.8 Å². The summed E-state index contributed by atoms with van der Waals surface area (Å²) in [7, 11) is 1.83. The number of guanidine groups is 1. The van der Waals surface area contributed by atoms with Crippen molar-refractivity contribution in [1.29, 1.82) is 0 Å². The lowest BCUT2D eigenvalue weighted by molar-refractivity contribution is -0.0172. The molecule has 25 heavy (non-hydrogen) atoms. The predicted octanol–water partition coefficient (Wildman–Crippen LogP) is 2.69. The molecule has 0 bridgehead atoms. The van der Waals surface area contributed by atoms with Crippen molar-refractivity contribution >= 4 is 5.96 Å². The average Bonchev–Trinajstić information content (AvgIpc) is 3.04. The highest BCUT2D eigenvalue weighted by Crippen LogP contribution is 2.47. The highest BCUT2D eigenvalue weighted by molar-refractivity contribution is 5.80. The van der Waals surface area contributed by atoms with Crippen LogP contribution >= 0.6 is 0 Å². The van der Waals surface area contributed by atoms with Gasteiger partial charge in [-0.05, 0) is 48.8 Å². The van der Waals surface area contributed by atoms with Gasteiger partial charge in [0.15, 0.2) is 12.8 Å². The molecule has 0 unspecified atom stereocenters. The minimum absolute atomic E-state index is 0.233. The first-order chi connectivity index (χ1) is 12.2. The summed E-state index contributed by atoms with van der Waals surface area (Å²) in [5.74, 6) is 1.50. The third-order valence-electron chi connectivity index (χ3n) is 5.79. The number of aliphatic imine (C=N–C) groups is 1. The molecule has 1 spiro atoms. The van der Waals surface area contributed by atoms with E-state index in [4.69, 9.17) is 9.47 Å². The van der Waals surface area contributed by atoms with E-state index < -0.39 is 0 Å². The van der Waals surface area contributed by atoms with E-state index in [1.165, 1.54) is 31.7 Å². The fourth-order valence-corrected chi connectivity index (χ4v) is 4.28. The van der Waals surface area contributed by atoms with E-state index in [1.54, 1.807) is 6.07 Å². The maximum atomic E-state index is 13.8. The van der Waals surface area contributed by atoms with E-state index in [0.29, 0.717) is 25.0 Å². The summed E-state index contributed by atoms with van der Waals surface area (Å²) in [6, 6.07) is 3.06. The molecule has 1 N–H and O–H groups in total. The van der Waals surface area contributed by atoms with Gasteiger partial charge in [0, 0.05) is 32.2 Å². The molecule has 1 aromatic rings. The van der Waals surface area contributed by atoms with Crippen molar-refractivity contribution in [3.8, 4) is 5.75 Å². The van der Waals surface area contributed by atoms with Gasteiger partial charge in [0.05, 0.1) is 6.61 Å². The Hall–Kier alpha value is -1.82. The first kappa shape index (κ1) is 16.6. The monoisotopic (exact) mass is 347 g/mol. The molecule has 0 radical (unpaired) electrons. The molecule has 0 atom stereocenters. The number of halogens is 1. The van der Waals surface area contributed by atoms with Gasteiger partial charge >= 0.3 is 0 Å². The average molecular weight is 347 g/mol. The third-order valence-corrected chi connectivity index (χ3v) is 5.79. The summed E-state index contributed by atoms with van der Waals surface area (Å²) in [5.41, 5.74) is 2.22. The molecular weight excluding hydrogens is 321 g/mol. The summed E-state index contributed by atoms with van der Waals surface area (Å²) in [6.45, 7) is 3.54. The topological polar surface area (TPSA) is 46.1 Å². The SMILES string of the molecule is CN=C(NCCc1cc(F)cc2c1OCOC2)N1CCC2(CCC2)C1. The molecule has 1 saturated carbocycles. The van der Waals surface area contributed by atoms with Crippen LogP contribution in [-0.4, -0.2) is 44.3 Å². The van der Waals surface area contributed by atoms with Crippen LogP contribution in [0.25, 0.3) is 0 Å². The normalized spacial score (nSPS) is 21.7. The highest BCUT2D eigenvalue weighted by Gasteiger charge is 2.43. The Bertz CT molecular complexity index is 673. The van der Waals surface area contributed by atoms with Crippen molar-refractivity contribution in [1.82, 2.24) is 10.2 Å². The minimum Gasteiger partial charge on any atom is -0.467 e. The number of likely N-dealkylation sites (tertiary alicyclic amines) is 1. The van der Waals surface area contributed by atoms with E-state index in [2.05, 4.69) is 15.2 Å². The van der Waals surface area contributed by atoms with Crippen molar-refractivity contribution in [2.45, 2.75) is 38.7 Å². The Morgan fingerprint density at radius 1 is 1.36 bits per heavy atom. The van der Waals surface area contributed by atoms with Gasteiger partial charge in [-0.1, -0.05) is 6.42 Å². The number of rotatable bonds is 3. The fraction of sp³-hybridized carbons (Fsp3) is 0.632. The number of ether oxygens (including phenoxy) is 2. The molecule has 2 aliphatic heterocycles. The molecule has 4 rings (SSSR count). The number of nitrogens with one attached hydrogen (secondary N) is 1. The summed E-state index contributed by atoms with van der Waals surface area (Å²) < 4.78 is 24.6. The fourth-order valence-electron chi connectivity index (χ4n) is 4.28. The number of benzene rings is 1. The van der Waals surface area contributed by atoms with Crippen LogP contribution in [0, 0.1) is 11.2 Å². The maximum Gasteiger partial charge on any atom is 0.193 e. The van der Waals surface area contributed by atoms with E-state index in [1.807, 2.05) is 7.05 Å². The second-order valence-corrected chi connectivity index (χ2v) is 7.41. The number of nitrogens with zero attached hydrogens (tertiary/aromatic N) is 2.